The van der Waals surface area contributed by atoms with E-state index in [4.69, 9.17) is 0 Å². The first kappa shape index (κ1) is 17.1. The average Bonchev–Trinajstić information content (AvgIpc) is 2.63. The molecule has 4 nitrogen and oxygen atoms in total. The van der Waals surface area contributed by atoms with Crippen LogP contribution in [0.3, 0.4) is 0 Å². The molecule has 26 heavy (non-hydrogen) atoms. The van der Waals surface area contributed by atoms with Gasteiger partial charge in [-0.15, -0.1) is 0 Å². The fourth-order valence-electron chi connectivity index (χ4n) is 4.47. The molecule has 0 saturated carbocycles. The Kier molecular flexibility index (Phi) is 4.06. The molecule has 1 aromatic heterocycles. The summed E-state index contributed by atoms with van der Waals surface area (Å²) in [6.07, 6.45) is -2.04. The third-order valence-electron chi connectivity index (χ3n) is 5.68. The zero-order chi connectivity index (χ0) is 18.5. The lowest BCUT2D eigenvalue weighted by Gasteiger charge is -2.43. The molecule has 2 heterocycles. The van der Waals surface area contributed by atoms with Crippen molar-refractivity contribution in [3.63, 3.8) is 0 Å². The topological polar surface area (TPSA) is 65.4 Å². The highest BCUT2D eigenvalue weighted by Crippen LogP contribution is 2.51. The van der Waals surface area contributed by atoms with Crippen LogP contribution >= 0.6 is 0 Å². The van der Waals surface area contributed by atoms with Gasteiger partial charge >= 0.3 is 6.18 Å². The summed E-state index contributed by atoms with van der Waals surface area (Å²) >= 11 is 0. The Morgan fingerprint density at radius 1 is 1.12 bits per heavy atom. The van der Waals surface area contributed by atoms with E-state index in [1.165, 1.54) is 12.3 Å². The molecule has 0 spiro atoms. The summed E-state index contributed by atoms with van der Waals surface area (Å²) in [6.45, 7) is 1.52. The van der Waals surface area contributed by atoms with Crippen LogP contribution in [-0.2, 0) is 12.6 Å². The first-order valence-electron chi connectivity index (χ1n) is 8.64. The normalized spacial score (nSPS) is 25.4. The fourth-order valence-corrected chi connectivity index (χ4v) is 4.47. The number of phenols is 2. The van der Waals surface area contributed by atoms with Crippen LogP contribution in [0.2, 0.25) is 0 Å². The molecule has 1 aliphatic carbocycles. The number of aromatic nitrogens is 1. The number of halogens is 3. The molecule has 1 fully saturated rings. The second-order valence-corrected chi connectivity index (χ2v) is 7.05. The maximum absolute atomic E-state index is 13.1. The van der Waals surface area contributed by atoms with Crippen molar-refractivity contribution in [1.29, 1.82) is 0 Å². The van der Waals surface area contributed by atoms with E-state index in [2.05, 4.69) is 10.3 Å². The molecule has 3 atom stereocenters. The second kappa shape index (κ2) is 6.16. The zero-order valence-electron chi connectivity index (χ0n) is 13.9. The van der Waals surface area contributed by atoms with Gasteiger partial charge in [0.1, 0.15) is 5.69 Å². The summed E-state index contributed by atoms with van der Waals surface area (Å²) in [5.74, 6) is -0.258. The number of piperidine rings is 1. The maximum atomic E-state index is 13.1. The lowest BCUT2D eigenvalue weighted by molar-refractivity contribution is -0.141. The minimum Gasteiger partial charge on any atom is -0.504 e. The Morgan fingerprint density at radius 2 is 1.92 bits per heavy atom. The number of alkyl halides is 3. The van der Waals surface area contributed by atoms with Gasteiger partial charge in [-0.05, 0) is 60.5 Å². The molecule has 0 bridgehead atoms. The van der Waals surface area contributed by atoms with Crippen molar-refractivity contribution in [3.05, 3.63) is 52.8 Å². The second-order valence-electron chi connectivity index (χ2n) is 7.05. The van der Waals surface area contributed by atoms with Crippen LogP contribution in [-0.4, -0.2) is 28.3 Å². The number of pyridine rings is 1. The minimum absolute atomic E-state index is 0.0894. The van der Waals surface area contributed by atoms with E-state index in [9.17, 15) is 23.4 Å². The Bertz CT molecular complexity index is 838. The number of nitrogens with one attached hydrogen (secondary N) is 1. The largest absolute Gasteiger partial charge is 0.504 e. The van der Waals surface area contributed by atoms with Crippen LogP contribution in [0.25, 0.3) is 0 Å². The third kappa shape index (κ3) is 2.80. The Morgan fingerprint density at radius 3 is 2.69 bits per heavy atom. The van der Waals surface area contributed by atoms with Gasteiger partial charge in [0.15, 0.2) is 11.5 Å². The van der Waals surface area contributed by atoms with E-state index >= 15 is 0 Å². The Labute approximate surface area is 148 Å². The molecule has 7 heteroatoms. The van der Waals surface area contributed by atoms with E-state index < -0.39 is 11.9 Å². The number of rotatable bonds is 1. The van der Waals surface area contributed by atoms with Crippen LogP contribution in [0.5, 0.6) is 11.5 Å². The van der Waals surface area contributed by atoms with Crippen LogP contribution < -0.4 is 5.32 Å². The average molecular weight is 364 g/mol. The van der Waals surface area contributed by atoms with Crippen LogP contribution in [0.1, 0.15) is 40.6 Å². The van der Waals surface area contributed by atoms with Crippen LogP contribution in [0.4, 0.5) is 13.2 Å². The number of hydrogen-bond donors (Lipinski definition) is 3. The number of benzene rings is 1. The molecule has 3 N–H and O–H groups in total. The monoisotopic (exact) mass is 364 g/mol. The van der Waals surface area contributed by atoms with E-state index in [1.807, 2.05) is 6.07 Å². The zero-order valence-corrected chi connectivity index (χ0v) is 13.9. The molecule has 138 valence electrons. The molecule has 1 aliphatic heterocycles. The number of phenolic OH excluding ortho intramolecular Hbond substituents is 2. The predicted molar refractivity (Wildman–Crippen MR) is 89.2 cm³/mol. The first-order chi connectivity index (χ1) is 12.4. The summed E-state index contributed by atoms with van der Waals surface area (Å²) in [4.78, 5) is 3.46. The van der Waals surface area contributed by atoms with E-state index in [1.54, 1.807) is 6.07 Å². The van der Waals surface area contributed by atoms with Gasteiger partial charge in [-0.2, -0.15) is 13.2 Å². The van der Waals surface area contributed by atoms with E-state index in [0.29, 0.717) is 24.1 Å². The highest BCUT2D eigenvalue weighted by Gasteiger charge is 2.41. The summed E-state index contributed by atoms with van der Waals surface area (Å²) in [5.41, 5.74) is 1.29. The van der Waals surface area contributed by atoms with Crippen molar-refractivity contribution < 1.29 is 23.4 Å². The molecular weight excluding hydrogens is 345 g/mol. The number of nitrogens with zero attached hydrogens (tertiary/aromatic N) is 1. The van der Waals surface area contributed by atoms with Crippen molar-refractivity contribution >= 4 is 0 Å². The quantitative estimate of drug-likeness (QED) is 0.677. The van der Waals surface area contributed by atoms with Crippen molar-refractivity contribution in [2.45, 2.75) is 30.9 Å². The highest BCUT2D eigenvalue weighted by molar-refractivity contribution is 5.53. The standard InChI is InChI=1S/C19H19F3N2O2/c20-19(21,22)17-7-10(3-6-24-17)13-8-14-11(1-2-16(25)18(14)26)15-9-23-5-4-12(13)15/h1-3,6-7,12-13,15,23,25-26H,4-5,8-9H2. The fraction of sp³-hybridized carbons (Fsp3) is 0.421. The van der Waals surface area contributed by atoms with Gasteiger partial charge in [-0.1, -0.05) is 6.07 Å². The first-order valence-corrected chi connectivity index (χ1v) is 8.64. The Balaban J connectivity index is 1.80. The van der Waals surface area contributed by atoms with Gasteiger partial charge in [0.05, 0.1) is 0 Å². The molecule has 3 unspecified atom stereocenters. The predicted octanol–water partition coefficient (Wildman–Crippen LogP) is 3.54. The van der Waals surface area contributed by atoms with E-state index in [0.717, 1.165) is 24.6 Å². The van der Waals surface area contributed by atoms with Gasteiger partial charge in [0, 0.05) is 24.2 Å². The van der Waals surface area contributed by atoms with Gasteiger partial charge < -0.3 is 15.5 Å². The van der Waals surface area contributed by atoms with Crippen LogP contribution in [0.15, 0.2) is 30.5 Å². The number of fused-ring (bicyclic) bond motifs is 3. The van der Waals surface area contributed by atoms with Crippen LogP contribution in [0, 0.1) is 5.92 Å². The lowest BCUT2D eigenvalue weighted by atomic mass is 9.64. The van der Waals surface area contributed by atoms with Gasteiger partial charge in [-0.25, -0.2) is 0 Å². The minimum atomic E-state index is -4.49. The van der Waals surface area contributed by atoms with Crippen molar-refractivity contribution in [1.82, 2.24) is 10.3 Å². The van der Waals surface area contributed by atoms with Crippen molar-refractivity contribution in [2.24, 2.45) is 5.92 Å². The number of hydrogen-bond acceptors (Lipinski definition) is 4. The van der Waals surface area contributed by atoms with Gasteiger partial charge in [0.2, 0.25) is 0 Å². The summed E-state index contributed by atoms with van der Waals surface area (Å²) in [7, 11) is 0. The van der Waals surface area contributed by atoms with Crippen molar-refractivity contribution in [3.8, 4) is 11.5 Å². The molecule has 2 aromatic rings. The lowest BCUT2D eigenvalue weighted by Crippen LogP contribution is -2.41. The van der Waals surface area contributed by atoms with Gasteiger partial charge in [-0.3, -0.25) is 4.98 Å². The molecular formula is C19H19F3N2O2. The third-order valence-corrected chi connectivity index (χ3v) is 5.68. The molecule has 2 aliphatic rings. The van der Waals surface area contributed by atoms with Crippen molar-refractivity contribution in [2.75, 3.05) is 13.1 Å². The Hall–Kier alpha value is -2.28. The molecule has 0 amide bonds. The SMILES string of the molecule is Oc1ccc2c(c1O)CC(c1ccnc(C(F)(F)F)c1)C1CCNCC21. The summed E-state index contributed by atoms with van der Waals surface area (Å²) < 4.78 is 39.2. The smallest absolute Gasteiger partial charge is 0.433 e. The molecule has 4 rings (SSSR count). The highest BCUT2D eigenvalue weighted by atomic mass is 19.4. The number of aromatic hydroxyl groups is 2. The van der Waals surface area contributed by atoms with E-state index in [-0.39, 0.29) is 29.3 Å². The summed E-state index contributed by atoms with van der Waals surface area (Å²) in [5, 5.41) is 23.5. The molecule has 1 aromatic carbocycles. The van der Waals surface area contributed by atoms with Gasteiger partial charge in [0.25, 0.3) is 0 Å². The maximum Gasteiger partial charge on any atom is 0.433 e. The molecule has 1 saturated heterocycles. The summed E-state index contributed by atoms with van der Waals surface area (Å²) in [6, 6.07) is 6.05. The molecule has 0 radical (unpaired) electrons.